The molecule has 10 rings (SSSR count). The molecule has 0 spiro atoms. The SMILES string of the molecule is CC(=O)c1ccc2nc(C)sc2c1.CC12CC(C(=O)O)(C1)C2.CC1=CCC(C(=O)O)CC1.CC1CCC(OC=O)CC1.Cc1ccc2c(C(=O)O)cn(C)c2c1.Cc1nc(C(=O)O)c(C)s1. The number of aromatic nitrogens is 3. The van der Waals surface area contributed by atoms with Crippen molar-refractivity contribution in [3.8, 4) is 0 Å². The minimum absolute atomic E-state index is 0.105. The number of carbonyl (C=O) groups is 6. The molecule has 0 saturated heterocycles. The van der Waals surface area contributed by atoms with Gasteiger partial charge in [-0.1, -0.05) is 37.6 Å². The highest BCUT2D eigenvalue weighted by atomic mass is 32.1. The first-order valence-electron chi connectivity index (χ1n) is 22.0. The van der Waals surface area contributed by atoms with Crippen LogP contribution >= 0.6 is 22.7 Å². The Bertz CT molecular complexity index is 2560. The van der Waals surface area contributed by atoms with E-state index >= 15 is 0 Å². The number of ketones is 1. The van der Waals surface area contributed by atoms with E-state index in [2.05, 4.69) is 30.7 Å². The average Bonchev–Trinajstić information content (AvgIpc) is 3.90. The number of carboxylic acids is 4. The molecule has 5 aliphatic rings. The second-order valence-corrected chi connectivity index (χ2v) is 20.9. The minimum atomic E-state index is -0.943. The molecule has 3 heterocycles. The summed E-state index contributed by atoms with van der Waals surface area (Å²) in [6.45, 7) is 16.1. The Morgan fingerprint density at radius 3 is 1.92 bits per heavy atom. The molecule has 2 bridgehead atoms. The lowest BCUT2D eigenvalue weighted by Crippen LogP contribution is -2.63. The molecular weight excluding hydrogens is 883 g/mol. The Balaban J connectivity index is 0.000000174. The number of aromatic carboxylic acids is 2. The third kappa shape index (κ3) is 14.4. The molecule has 0 amide bonds. The van der Waals surface area contributed by atoms with Crippen LogP contribution in [0.4, 0.5) is 0 Å². The molecule has 66 heavy (non-hydrogen) atoms. The molecule has 0 radical (unpaired) electrons. The molecule has 4 N–H and O–H groups in total. The lowest BCUT2D eigenvalue weighted by molar-refractivity contribution is -0.215. The van der Waals surface area contributed by atoms with E-state index in [-0.39, 0.29) is 28.9 Å². The number of benzene rings is 2. The van der Waals surface area contributed by atoms with Crippen LogP contribution in [0.1, 0.15) is 144 Å². The average molecular weight is 946 g/mol. The van der Waals surface area contributed by atoms with E-state index in [4.69, 9.17) is 25.2 Å². The number of fused-ring (bicyclic) bond motifs is 2. The van der Waals surface area contributed by atoms with Crippen LogP contribution in [0.3, 0.4) is 0 Å². The number of nitrogens with zero attached hydrogens (tertiary/aromatic N) is 3. The molecule has 14 nitrogen and oxygen atoms in total. The number of aliphatic carboxylic acids is 2. The summed E-state index contributed by atoms with van der Waals surface area (Å²) in [5.74, 6) is -2.24. The van der Waals surface area contributed by atoms with E-state index < -0.39 is 23.9 Å². The van der Waals surface area contributed by atoms with Crippen molar-refractivity contribution in [3.05, 3.63) is 91.5 Å². The first kappa shape index (κ1) is 52.9. The minimum Gasteiger partial charge on any atom is -0.481 e. The molecule has 4 saturated carbocycles. The van der Waals surface area contributed by atoms with Gasteiger partial charge in [-0.05, 0) is 147 Å². The van der Waals surface area contributed by atoms with Gasteiger partial charge in [0, 0.05) is 34.6 Å². The maximum atomic E-state index is 11.1. The third-order valence-corrected chi connectivity index (χ3v) is 14.2. The van der Waals surface area contributed by atoms with Crippen molar-refractivity contribution >= 4 is 79.9 Å². The van der Waals surface area contributed by atoms with Crippen molar-refractivity contribution in [3.63, 3.8) is 0 Å². The molecule has 5 aliphatic carbocycles. The predicted molar refractivity (Wildman–Crippen MR) is 257 cm³/mol. The number of Topliss-reactive ketones (excluding diaryl/α,β-unsaturated/α-hetero) is 1. The van der Waals surface area contributed by atoms with Gasteiger partial charge >= 0.3 is 23.9 Å². The number of carboxylic acid groups (broad SMARTS) is 4. The second-order valence-electron chi connectivity index (χ2n) is 18.3. The molecule has 5 aromatic rings. The Morgan fingerprint density at radius 2 is 1.47 bits per heavy atom. The van der Waals surface area contributed by atoms with Gasteiger partial charge in [0.1, 0.15) is 6.10 Å². The first-order chi connectivity index (χ1) is 31.0. The van der Waals surface area contributed by atoms with E-state index in [0.29, 0.717) is 17.5 Å². The molecule has 1 atom stereocenters. The van der Waals surface area contributed by atoms with Crippen molar-refractivity contribution in [1.82, 2.24) is 14.5 Å². The van der Waals surface area contributed by atoms with E-state index in [1.54, 1.807) is 38.3 Å². The molecule has 1 unspecified atom stereocenters. The summed E-state index contributed by atoms with van der Waals surface area (Å²) in [4.78, 5) is 72.1. The summed E-state index contributed by atoms with van der Waals surface area (Å²) in [5.41, 5.74) is 5.89. The Labute approximate surface area is 393 Å². The molecular formula is C50H63N3O11S2. The van der Waals surface area contributed by atoms with Gasteiger partial charge in [0.15, 0.2) is 11.5 Å². The zero-order chi connectivity index (χ0) is 49.1. The maximum absolute atomic E-state index is 11.1. The van der Waals surface area contributed by atoms with E-state index in [0.717, 1.165) is 104 Å². The van der Waals surface area contributed by atoms with Gasteiger partial charge in [-0.3, -0.25) is 19.2 Å². The molecule has 0 aliphatic heterocycles. The van der Waals surface area contributed by atoms with Crippen LogP contribution < -0.4 is 0 Å². The first-order valence-corrected chi connectivity index (χ1v) is 23.6. The number of hydrogen-bond donors (Lipinski definition) is 4. The highest BCUT2D eigenvalue weighted by molar-refractivity contribution is 7.18. The monoisotopic (exact) mass is 945 g/mol. The number of ether oxygens (including phenoxy) is 1. The number of allylic oxidation sites excluding steroid dienone is 2. The van der Waals surface area contributed by atoms with Crippen LogP contribution in [0.5, 0.6) is 0 Å². The fraction of sp³-hybridized carbons (Fsp3) is 0.480. The third-order valence-electron chi connectivity index (χ3n) is 12.3. The number of hydrogen-bond acceptors (Lipinski definition) is 11. The van der Waals surface area contributed by atoms with Gasteiger partial charge in [-0.2, -0.15) is 0 Å². The quantitative estimate of drug-likeness (QED) is 0.0678. The predicted octanol–water partition coefficient (Wildman–Crippen LogP) is 11.3. The summed E-state index contributed by atoms with van der Waals surface area (Å²) < 4.78 is 7.78. The van der Waals surface area contributed by atoms with Crippen LogP contribution in [0.15, 0.2) is 54.2 Å². The van der Waals surface area contributed by atoms with Crippen molar-refractivity contribution in [2.24, 2.45) is 29.7 Å². The Kier molecular flexibility index (Phi) is 18.5. The molecule has 4 fully saturated rings. The zero-order valence-electron chi connectivity index (χ0n) is 39.3. The molecule has 16 heteroatoms. The molecule has 3 aromatic heterocycles. The molecule has 356 valence electrons. The topological polar surface area (TPSA) is 223 Å². The van der Waals surface area contributed by atoms with Gasteiger partial charge in [0.2, 0.25) is 0 Å². The highest BCUT2D eigenvalue weighted by Gasteiger charge is 2.69. The van der Waals surface area contributed by atoms with Crippen LogP contribution in [0.2, 0.25) is 0 Å². The summed E-state index contributed by atoms with van der Waals surface area (Å²) >= 11 is 3.03. The summed E-state index contributed by atoms with van der Waals surface area (Å²) in [6, 6.07) is 11.4. The van der Waals surface area contributed by atoms with Crippen molar-refractivity contribution in [2.75, 3.05) is 0 Å². The van der Waals surface area contributed by atoms with Crippen LogP contribution in [0, 0.1) is 50.4 Å². The number of aryl methyl sites for hydroxylation is 5. The Morgan fingerprint density at radius 1 is 0.833 bits per heavy atom. The van der Waals surface area contributed by atoms with Crippen LogP contribution in [-0.4, -0.2) is 77.2 Å². The number of rotatable bonds is 7. The summed E-state index contributed by atoms with van der Waals surface area (Å²) in [5, 5.41) is 37.4. The highest BCUT2D eigenvalue weighted by Crippen LogP contribution is 2.73. The molecule has 2 aromatic carbocycles. The summed E-state index contributed by atoms with van der Waals surface area (Å²) in [7, 11) is 1.86. The van der Waals surface area contributed by atoms with Gasteiger partial charge < -0.3 is 29.7 Å². The van der Waals surface area contributed by atoms with E-state index in [1.807, 2.05) is 67.9 Å². The normalized spacial score (nSPS) is 22.1. The fourth-order valence-corrected chi connectivity index (χ4v) is 10.5. The standard InChI is InChI=1S/C11H11NO2.C10H9NOS.C8H14O2.C8H12O2.C7H10O2.C6H7NO2S/c1-7-3-4-8-9(11(13)14)6-12(2)10(8)5-7;1-6(12)8-3-4-9-10(5-8)13-7(2)11-9;1-7-2-4-8(5-3-7)10-6-9;1-6-2-4-7(5-3-6)8(9)10;1-6-2-7(3-6,4-6)5(8)9;1-3-5(6(8)9)7-4(2)10-3/h3-6H,1-2H3,(H,13,14);3-5H,1-2H3;6-8H,2-5H2,1H3;2,7H,3-5H2,1H3,(H,9,10);2-4H2,1H3,(H,8,9);1-2H3,(H,8,9). The number of carbonyl (C=O) groups excluding carboxylic acids is 2. The smallest absolute Gasteiger partial charge is 0.355 e. The maximum Gasteiger partial charge on any atom is 0.355 e. The number of thiazole rings is 2. The fourth-order valence-electron chi connectivity index (χ4n) is 8.81. The van der Waals surface area contributed by atoms with E-state index in [9.17, 15) is 28.8 Å². The zero-order valence-corrected chi connectivity index (χ0v) is 40.9. The van der Waals surface area contributed by atoms with Gasteiger partial charge in [-0.25, -0.2) is 19.6 Å². The largest absolute Gasteiger partial charge is 0.481 e. The van der Waals surface area contributed by atoms with Crippen molar-refractivity contribution < 1.29 is 53.9 Å². The van der Waals surface area contributed by atoms with Gasteiger partial charge in [0.05, 0.1) is 37.1 Å². The Hall–Kier alpha value is -5.74. The van der Waals surface area contributed by atoms with Gasteiger partial charge in [0.25, 0.3) is 6.47 Å². The second kappa shape index (κ2) is 23.1. The van der Waals surface area contributed by atoms with Crippen LogP contribution in [0.25, 0.3) is 21.1 Å². The summed E-state index contributed by atoms with van der Waals surface area (Å²) in [6.07, 6.45) is 13.7. The van der Waals surface area contributed by atoms with Crippen molar-refractivity contribution in [1.29, 1.82) is 0 Å². The lowest BCUT2D eigenvalue weighted by Gasteiger charge is -2.66. The van der Waals surface area contributed by atoms with Crippen molar-refractivity contribution in [2.45, 2.75) is 126 Å². The van der Waals surface area contributed by atoms with Gasteiger partial charge in [-0.15, -0.1) is 22.7 Å². The van der Waals surface area contributed by atoms with Crippen LogP contribution in [-0.2, 0) is 26.2 Å². The lowest BCUT2D eigenvalue weighted by atomic mass is 9.36. The van der Waals surface area contributed by atoms with E-state index in [1.165, 1.54) is 29.8 Å².